The van der Waals surface area contributed by atoms with E-state index in [1.54, 1.807) is 18.5 Å². The molecule has 0 bridgehead atoms. The topological polar surface area (TPSA) is 51.0 Å². The van der Waals surface area contributed by atoms with Gasteiger partial charge in [0.1, 0.15) is 5.69 Å². The molecule has 0 fully saturated rings. The Morgan fingerprint density at radius 2 is 2.00 bits per heavy atom. The van der Waals surface area contributed by atoms with Crippen LogP contribution in [-0.2, 0) is 6.54 Å². The van der Waals surface area contributed by atoms with Gasteiger partial charge in [0.2, 0.25) is 0 Å². The molecule has 0 saturated carbocycles. The number of hydrogen-bond acceptors (Lipinski definition) is 4. The van der Waals surface area contributed by atoms with E-state index in [4.69, 9.17) is 5.10 Å². The zero-order valence-electron chi connectivity index (χ0n) is 12.6. The van der Waals surface area contributed by atoms with E-state index < -0.39 is 0 Å². The van der Waals surface area contributed by atoms with Gasteiger partial charge in [-0.1, -0.05) is 12.1 Å². The maximum atomic E-state index is 12.7. The van der Waals surface area contributed by atoms with Gasteiger partial charge in [-0.3, -0.25) is 14.5 Å². The number of hydrogen-bond donors (Lipinski definition) is 0. The van der Waals surface area contributed by atoms with Gasteiger partial charge in [-0.2, -0.15) is 5.10 Å². The Morgan fingerprint density at radius 1 is 1.14 bits per heavy atom. The van der Waals surface area contributed by atoms with E-state index >= 15 is 0 Å². The van der Waals surface area contributed by atoms with Gasteiger partial charge in [0.15, 0.2) is 5.78 Å². The Hall–Kier alpha value is -2.53. The average molecular weight is 292 g/mol. The number of benzene rings is 1. The summed E-state index contributed by atoms with van der Waals surface area (Å²) in [6.45, 7) is 1.69. The lowest BCUT2D eigenvalue weighted by Crippen LogP contribution is -2.18. The number of aromatic nitrogens is 3. The molecule has 1 aliphatic rings. The summed E-state index contributed by atoms with van der Waals surface area (Å²) in [5.41, 5.74) is 4.14. The first-order valence-electron chi connectivity index (χ1n) is 7.30. The molecular formula is C17H16N4O. The molecule has 1 aromatic carbocycles. The average Bonchev–Trinajstić information content (AvgIpc) is 2.90. The van der Waals surface area contributed by atoms with Crippen LogP contribution in [0, 0.1) is 0 Å². The first-order chi connectivity index (χ1) is 10.7. The van der Waals surface area contributed by atoms with Gasteiger partial charge in [0, 0.05) is 41.0 Å². The number of nitrogens with zero attached hydrogens (tertiary/aromatic N) is 4. The number of carbonyl (C=O) groups is 1. The van der Waals surface area contributed by atoms with Crippen molar-refractivity contribution >= 4 is 16.7 Å². The van der Waals surface area contributed by atoms with Gasteiger partial charge in [-0.25, -0.2) is 0 Å². The molecule has 2 heterocycles. The molecule has 3 aromatic rings. The third-order valence-corrected chi connectivity index (χ3v) is 4.10. The Morgan fingerprint density at radius 3 is 2.82 bits per heavy atom. The summed E-state index contributed by atoms with van der Waals surface area (Å²) < 4.78 is 1.99. The van der Waals surface area contributed by atoms with Crippen LogP contribution in [0.1, 0.15) is 15.9 Å². The SMILES string of the molecule is CN(C)CCn1nc2c3c(cccc31)C(=O)c1ccncc1-2. The van der Waals surface area contributed by atoms with Gasteiger partial charge in [-0.15, -0.1) is 0 Å². The molecule has 0 radical (unpaired) electrons. The van der Waals surface area contributed by atoms with Gasteiger partial charge in [0.05, 0.1) is 12.1 Å². The van der Waals surface area contributed by atoms with Crippen molar-refractivity contribution in [2.75, 3.05) is 20.6 Å². The van der Waals surface area contributed by atoms with Crippen LogP contribution in [0.15, 0.2) is 36.7 Å². The Labute approximate surface area is 128 Å². The second-order valence-electron chi connectivity index (χ2n) is 5.83. The van der Waals surface area contributed by atoms with Crippen molar-refractivity contribution in [3.8, 4) is 11.3 Å². The largest absolute Gasteiger partial charge is 0.308 e. The molecule has 0 spiro atoms. The highest BCUT2D eigenvalue weighted by molar-refractivity contribution is 6.24. The van der Waals surface area contributed by atoms with E-state index in [0.29, 0.717) is 5.56 Å². The number of ketones is 1. The lowest BCUT2D eigenvalue weighted by Gasteiger charge is -2.13. The molecular weight excluding hydrogens is 276 g/mol. The number of pyridine rings is 1. The molecule has 1 aliphatic carbocycles. The van der Waals surface area contributed by atoms with Crippen LogP contribution in [0.2, 0.25) is 0 Å². The first kappa shape index (κ1) is 13.2. The molecule has 2 aromatic heterocycles. The van der Waals surface area contributed by atoms with Gasteiger partial charge in [0.25, 0.3) is 0 Å². The van der Waals surface area contributed by atoms with Crippen molar-refractivity contribution in [1.29, 1.82) is 0 Å². The van der Waals surface area contributed by atoms with Crippen molar-refractivity contribution in [1.82, 2.24) is 19.7 Å². The minimum absolute atomic E-state index is 0.0580. The van der Waals surface area contributed by atoms with E-state index in [0.717, 1.165) is 40.8 Å². The summed E-state index contributed by atoms with van der Waals surface area (Å²) in [6, 6.07) is 7.62. The van der Waals surface area contributed by atoms with Crippen molar-refractivity contribution in [3.63, 3.8) is 0 Å². The lowest BCUT2D eigenvalue weighted by molar-refractivity contribution is 0.104. The number of carbonyl (C=O) groups excluding carboxylic acids is 1. The molecule has 0 saturated heterocycles. The van der Waals surface area contributed by atoms with Crippen molar-refractivity contribution in [2.24, 2.45) is 0 Å². The van der Waals surface area contributed by atoms with E-state index in [2.05, 4.69) is 9.88 Å². The molecule has 4 rings (SSSR count). The molecule has 0 amide bonds. The van der Waals surface area contributed by atoms with Crippen molar-refractivity contribution < 1.29 is 4.79 Å². The second kappa shape index (κ2) is 4.74. The molecule has 110 valence electrons. The van der Waals surface area contributed by atoms with E-state index in [1.165, 1.54) is 0 Å². The predicted octanol–water partition coefficient (Wildman–Crippen LogP) is 2.20. The predicted molar refractivity (Wildman–Crippen MR) is 85.0 cm³/mol. The van der Waals surface area contributed by atoms with Gasteiger partial charge in [-0.05, 0) is 26.2 Å². The van der Waals surface area contributed by atoms with Crippen LogP contribution in [0.25, 0.3) is 22.2 Å². The highest BCUT2D eigenvalue weighted by atomic mass is 16.1. The maximum Gasteiger partial charge on any atom is 0.194 e. The molecule has 0 atom stereocenters. The van der Waals surface area contributed by atoms with Crippen LogP contribution in [0.4, 0.5) is 0 Å². The highest BCUT2D eigenvalue weighted by Gasteiger charge is 2.28. The van der Waals surface area contributed by atoms with Gasteiger partial charge >= 0.3 is 0 Å². The van der Waals surface area contributed by atoms with E-state index in [1.807, 2.05) is 37.0 Å². The molecule has 0 unspecified atom stereocenters. The number of likely N-dealkylation sites (N-methyl/N-ethyl adjacent to an activating group) is 1. The first-order valence-corrected chi connectivity index (χ1v) is 7.30. The second-order valence-corrected chi connectivity index (χ2v) is 5.83. The van der Waals surface area contributed by atoms with Crippen LogP contribution in [-0.4, -0.2) is 46.1 Å². The van der Waals surface area contributed by atoms with Crippen LogP contribution < -0.4 is 0 Å². The minimum Gasteiger partial charge on any atom is -0.308 e. The zero-order chi connectivity index (χ0) is 15.3. The molecule has 5 nitrogen and oxygen atoms in total. The number of fused-ring (bicyclic) bond motifs is 2. The number of rotatable bonds is 3. The molecule has 5 heteroatoms. The summed E-state index contributed by atoms with van der Waals surface area (Å²) in [5.74, 6) is 0.0580. The van der Waals surface area contributed by atoms with E-state index in [9.17, 15) is 4.79 Å². The molecule has 0 aliphatic heterocycles. The fourth-order valence-electron chi connectivity index (χ4n) is 3.00. The quantitative estimate of drug-likeness (QED) is 0.581. The third-order valence-electron chi connectivity index (χ3n) is 4.10. The third kappa shape index (κ3) is 1.79. The normalized spacial score (nSPS) is 13.0. The zero-order valence-corrected chi connectivity index (χ0v) is 12.6. The standard InChI is InChI=1S/C17H16N4O/c1-20(2)8-9-21-14-5-3-4-12-15(14)16(19-21)13-10-18-7-6-11(13)17(12)22/h3-7,10H,8-9H2,1-2H3. The van der Waals surface area contributed by atoms with Crippen LogP contribution >= 0.6 is 0 Å². The summed E-state index contributed by atoms with van der Waals surface area (Å²) >= 11 is 0. The van der Waals surface area contributed by atoms with Crippen molar-refractivity contribution in [3.05, 3.63) is 47.8 Å². The smallest absolute Gasteiger partial charge is 0.194 e. The van der Waals surface area contributed by atoms with Crippen LogP contribution in [0.3, 0.4) is 0 Å². The summed E-state index contributed by atoms with van der Waals surface area (Å²) in [6.07, 6.45) is 3.39. The van der Waals surface area contributed by atoms with Crippen LogP contribution in [0.5, 0.6) is 0 Å². The molecule has 22 heavy (non-hydrogen) atoms. The Bertz CT molecular complexity index is 895. The van der Waals surface area contributed by atoms with Crippen molar-refractivity contribution in [2.45, 2.75) is 6.54 Å². The fourth-order valence-corrected chi connectivity index (χ4v) is 3.00. The monoisotopic (exact) mass is 292 g/mol. The Kier molecular flexibility index (Phi) is 2.84. The Balaban J connectivity index is 1.99. The molecule has 0 N–H and O–H groups in total. The highest BCUT2D eigenvalue weighted by Crippen LogP contribution is 2.38. The minimum atomic E-state index is 0.0580. The van der Waals surface area contributed by atoms with E-state index in [-0.39, 0.29) is 5.78 Å². The van der Waals surface area contributed by atoms with Gasteiger partial charge < -0.3 is 4.90 Å². The summed E-state index contributed by atoms with van der Waals surface area (Å²) in [4.78, 5) is 19.0. The fraction of sp³-hybridized carbons (Fsp3) is 0.235. The summed E-state index contributed by atoms with van der Waals surface area (Å²) in [7, 11) is 4.08. The summed E-state index contributed by atoms with van der Waals surface area (Å²) in [5, 5.41) is 5.72. The maximum absolute atomic E-state index is 12.7. The lowest BCUT2D eigenvalue weighted by atomic mass is 9.89.